The maximum atomic E-state index is 12.3. The van der Waals surface area contributed by atoms with Crippen LogP contribution in [0, 0.1) is 0 Å². The lowest BCUT2D eigenvalue weighted by molar-refractivity contribution is -0.111. The van der Waals surface area contributed by atoms with Gasteiger partial charge in [0, 0.05) is 30.4 Å². The highest BCUT2D eigenvalue weighted by atomic mass is 35.5. The van der Waals surface area contributed by atoms with Crippen LogP contribution < -0.4 is 14.8 Å². The first-order valence-corrected chi connectivity index (χ1v) is 9.61. The van der Waals surface area contributed by atoms with Crippen molar-refractivity contribution >= 4 is 35.2 Å². The number of benzene rings is 2. The monoisotopic (exact) mass is 416 g/mol. The van der Waals surface area contributed by atoms with Gasteiger partial charge in [0.2, 0.25) is 5.91 Å². The molecule has 29 heavy (non-hydrogen) atoms. The molecular formula is C22H25ClN2O4. The number of carbonyl (C=O) groups is 2. The first-order valence-electron chi connectivity index (χ1n) is 9.23. The predicted octanol–water partition coefficient (Wildman–Crippen LogP) is 4.49. The lowest BCUT2D eigenvalue weighted by atomic mass is 10.1. The van der Waals surface area contributed by atoms with Crippen LogP contribution in [0.5, 0.6) is 11.5 Å². The van der Waals surface area contributed by atoms with E-state index in [1.165, 1.54) is 20.3 Å². The molecule has 0 saturated heterocycles. The molecule has 2 aromatic carbocycles. The Morgan fingerprint density at radius 1 is 1.07 bits per heavy atom. The number of ether oxygens (including phenoxy) is 2. The van der Waals surface area contributed by atoms with Gasteiger partial charge in [0.25, 0.3) is 5.91 Å². The number of amides is 2. The van der Waals surface area contributed by atoms with E-state index < -0.39 is 0 Å². The fourth-order valence-electron chi connectivity index (χ4n) is 2.78. The van der Waals surface area contributed by atoms with Crippen molar-refractivity contribution in [3.05, 3.63) is 58.6 Å². The number of anilines is 1. The fourth-order valence-corrected chi connectivity index (χ4v) is 3.08. The van der Waals surface area contributed by atoms with E-state index >= 15 is 0 Å². The van der Waals surface area contributed by atoms with Crippen molar-refractivity contribution in [3.8, 4) is 11.5 Å². The predicted molar refractivity (Wildman–Crippen MR) is 116 cm³/mol. The molecule has 0 aliphatic heterocycles. The molecule has 0 heterocycles. The van der Waals surface area contributed by atoms with Gasteiger partial charge in [-0.3, -0.25) is 9.59 Å². The Kier molecular flexibility index (Phi) is 8.09. The minimum atomic E-state index is -0.307. The number of nitrogens with one attached hydrogen (secondary N) is 1. The minimum absolute atomic E-state index is 0.0295. The summed E-state index contributed by atoms with van der Waals surface area (Å²) in [6.07, 6.45) is 3.02. The van der Waals surface area contributed by atoms with Crippen LogP contribution in [0.1, 0.15) is 29.8 Å². The van der Waals surface area contributed by atoms with Gasteiger partial charge in [-0.2, -0.15) is 0 Å². The molecule has 1 N–H and O–H groups in total. The van der Waals surface area contributed by atoms with Gasteiger partial charge in [0.15, 0.2) is 11.5 Å². The molecule has 0 spiro atoms. The second kappa shape index (κ2) is 10.5. The van der Waals surface area contributed by atoms with E-state index in [1.807, 2.05) is 13.8 Å². The number of hydrogen-bond acceptors (Lipinski definition) is 4. The number of halogens is 1. The summed E-state index contributed by atoms with van der Waals surface area (Å²) in [4.78, 5) is 26.3. The van der Waals surface area contributed by atoms with E-state index in [2.05, 4.69) is 5.32 Å². The standard InChI is InChI=1S/C22H25ClN2O4/c1-5-25(6-2)22(27)16-8-10-17(11-9-16)24-20(26)12-7-15-13-18(23)21(29-4)19(14-15)28-3/h7-14H,5-6H2,1-4H3,(H,24,26)/b12-7+. The van der Waals surface area contributed by atoms with Crippen LogP contribution in [0.2, 0.25) is 5.02 Å². The topological polar surface area (TPSA) is 67.9 Å². The number of methoxy groups -OCH3 is 2. The zero-order chi connectivity index (χ0) is 21.4. The van der Waals surface area contributed by atoms with Gasteiger partial charge in [-0.1, -0.05) is 11.6 Å². The lowest BCUT2D eigenvalue weighted by Crippen LogP contribution is -2.30. The quantitative estimate of drug-likeness (QED) is 0.644. The molecule has 2 aromatic rings. The Morgan fingerprint density at radius 3 is 2.28 bits per heavy atom. The van der Waals surface area contributed by atoms with E-state index in [1.54, 1.807) is 47.4 Å². The van der Waals surface area contributed by atoms with Crippen molar-refractivity contribution in [2.24, 2.45) is 0 Å². The highest BCUT2D eigenvalue weighted by Crippen LogP contribution is 2.36. The van der Waals surface area contributed by atoms with Gasteiger partial charge in [-0.05, 0) is 61.9 Å². The van der Waals surface area contributed by atoms with E-state index in [0.29, 0.717) is 46.4 Å². The highest BCUT2D eigenvalue weighted by Gasteiger charge is 2.12. The first-order chi connectivity index (χ1) is 13.9. The maximum Gasteiger partial charge on any atom is 0.253 e. The van der Waals surface area contributed by atoms with Gasteiger partial charge in [0.05, 0.1) is 19.2 Å². The van der Waals surface area contributed by atoms with Crippen LogP contribution in [0.3, 0.4) is 0 Å². The van der Waals surface area contributed by atoms with Gasteiger partial charge >= 0.3 is 0 Å². The fraction of sp³-hybridized carbons (Fsp3) is 0.273. The molecule has 0 radical (unpaired) electrons. The molecular weight excluding hydrogens is 392 g/mol. The molecule has 0 atom stereocenters. The van der Waals surface area contributed by atoms with Crippen molar-refractivity contribution in [2.45, 2.75) is 13.8 Å². The number of rotatable bonds is 8. The van der Waals surface area contributed by atoms with Crippen molar-refractivity contribution in [1.82, 2.24) is 4.90 Å². The number of hydrogen-bond donors (Lipinski definition) is 1. The summed E-state index contributed by atoms with van der Waals surface area (Å²) in [6, 6.07) is 10.2. The molecule has 0 saturated carbocycles. The molecule has 2 amide bonds. The zero-order valence-corrected chi connectivity index (χ0v) is 17.7. The van der Waals surface area contributed by atoms with E-state index in [9.17, 15) is 9.59 Å². The van der Waals surface area contributed by atoms with Crippen molar-refractivity contribution in [1.29, 1.82) is 0 Å². The Labute approximate surface area is 176 Å². The third kappa shape index (κ3) is 5.74. The van der Waals surface area contributed by atoms with E-state index in [0.717, 1.165) is 0 Å². The van der Waals surface area contributed by atoms with Crippen LogP contribution in [0.15, 0.2) is 42.5 Å². The minimum Gasteiger partial charge on any atom is -0.493 e. The van der Waals surface area contributed by atoms with Crippen molar-refractivity contribution in [3.63, 3.8) is 0 Å². The average molecular weight is 417 g/mol. The zero-order valence-electron chi connectivity index (χ0n) is 17.0. The Bertz CT molecular complexity index is 890. The van der Waals surface area contributed by atoms with Crippen LogP contribution in [0.25, 0.3) is 6.08 Å². The van der Waals surface area contributed by atoms with Crippen LogP contribution in [0.4, 0.5) is 5.69 Å². The smallest absolute Gasteiger partial charge is 0.253 e. The Hall–Kier alpha value is -2.99. The molecule has 6 nitrogen and oxygen atoms in total. The molecule has 0 fully saturated rings. The third-order valence-electron chi connectivity index (χ3n) is 4.33. The van der Waals surface area contributed by atoms with Gasteiger partial charge in [0.1, 0.15) is 0 Å². The second-order valence-electron chi connectivity index (χ2n) is 6.12. The number of carbonyl (C=O) groups excluding carboxylic acids is 2. The summed E-state index contributed by atoms with van der Waals surface area (Å²) in [5.41, 5.74) is 1.88. The van der Waals surface area contributed by atoms with Gasteiger partial charge in [-0.25, -0.2) is 0 Å². The van der Waals surface area contributed by atoms with Crippen molar-refractivity contribution < 1.29 is 19.1 Å². The largest absolute Gasteiger partial charge is 0.493 e. The summed E-state index contributed by atoms with van der Waals surface area (Å²) in [5, 5.41) is 3.15. The maximum absolute atomic E-state index is 12.3. The van der Waals surface area contributed by atoms with Crippen LogP contribution in [-0.4, -0.2) is 44.0 Å². The molecule has 0 aliphatic rings. The summed E-state index contributed by atoms with van der Waals surface area (Å²) in [6.45, 7) is 5.18. The summed E-state index contributed by atoms with van der Waals surface area (Å²) >= 11 is 6.17. The van der Waals surface area contributed by atoms with Crippen molar-refractivity contribution in [2.75, 3.05) is 32.6 Å². The summed E-state index contributed by atoms with van der Waals surface area (Å²) in [5.74, 6) is 0.584. The normalized spacial score (nSPS) is 10.7. The molecule has 0 bridgehead atoms. The molecule has 154 valence electrons. The average Bonchev–Trinajstić information content (AvgIpc) is 2.73. The highest BCUT2D eigenvalue weighted by molar-refractivity contribution is 6.32. The summed E-state index contributed by atoms with van der Waals surface area (Å²) < 4.78 is 10.4. The third-order valence-corrected chi connectivity index (χ3v) is 4.61. The van der Waals surface area contributed by atoms with E-state index in [-0.39, 0.29) is 11.8 Å². The summed E-state index contributed by atoms with van der Waals surface area (Å²) in [7, 11) is 3.02. The molecule has 7 heteroatoms. The molecule has 0 unspecified atom stereocenters. The lowest BCUT2D eigenvalue weighted by Gasteiger charge is -2.18. The molecule has 2 rings (SSSR count). The first kappa shape index (κ1) is 22.3. The van der Waals surface area contributed by atoms with Crippen LogP contribution >= 0.6 is 11.6 Å². The molecule has 0 aromatic heterocycles. The Balaban J connectivity index is 2.06. The SMILES string of the molecule is CCN(CC)C(=O)c1ccc(NC(=O)/C=C/c2cc(Cl)c(OC)c(OC)c2)cc1. The second-order valence-corrected chi connectivity index (χ2v) is 6.52. The Morgan fingerprint density at radius 2 is 1.72 bits per heavy atom. The van der Waals surface area contributed by atoms with E-state index in [4.69, 9.17) is 21.1 Å². The van der Waals surface area contributed by atoms with Gasteiger partial charge in [-0.15, -0.1) is 0 Å². The van der Waals surface area contributed by atoms with Gasteiger partial charge < -0.3 is 19.7 Å². The van der Waals surface area contributed by atoms with Crippen LogP contribution in [-0.2, 0) is 4.79 Å². The molecule has 0 aliphatic carbocycles. The number of nitrogens with zero attached hydrogens (tertiary/aromatic N) is 1.